The third-order valence-electron chi connectivity index (χ3n) is 6.38. The number of rotatable bonds is 4. The van der Waals surface area contributed by atoms with Gasteiger partial charge in [-0.05, 0) is 72.6 Å². The van der Waals surface area contributed by atoms with Crippen LogP contribution in [0.3, 0.4) is 0 Å². The molecule has 4 nitrogen and oxygen atoms in total. The summed E-state index contributed by atoms with van der Waals surface area (Å²) in [4.78, 5) is 18.0. The van der Waals surface area contributed by atoms with Gasteiger partial charge in [-0.2, -0.15) is 0 Å². The van der Waals surface area contributed by atoms with Gasteiger partial charge in [0.25, 0.3) is 5.56 Å². The minimum atomic E-state index is -0.0180. The van der Waals surface area contributed by atoms with E-state index >= 15 is 0 Å². The number of hydrogen-bond donors (Lipinski definition) is 1. The molecule has 160 valence electrons. The molecule has 0 unspecified atom stereocenters. The van der Waals surface area contributed by atoms with Crippen molar-refractivity contribution in [3.8, 4) is 5.75 Å². The van der Waals surface area contributed by atoms with E-state index in [2.05, 4.69) is 52.3 Å². The Labute approximate surface area is 188 Å². The van der Waals surface area contributed by atoms with Gasteiger partial charge < -0.3 is 9.72 Å². The number of ether oxygens (including phenoxy) is 1. The maximum atomic E-state index is 12.4. The van der Waals surface area contributed by atoms with Crippen molar-refractivity contribution in [3.05, 3.63) is 88.2 Å². The third-order valence-corrected chi connectivity index (χ3v) is 6.38. The molecule has 0 bridgehead atoms. The van der Waals surface area contributed by atoms with Gasteiger partial charge in [0.2, 0.25) is 0 Å². The standard InChI is InChI=1S/C26H26N2O2.ClH/c1-30-21-9-7-19(8-10-21)20-12-14-28(15-13-20)17-18-6-11-23-22-4-2-3-5-24(22)26(29)27-25(23)16-18;/h2-11,16,20H,12-15,17H2,1H3,(H,27,29);1H. The summed E-state index contributed by atoms with van der Waals surface area (Å²) in [5.74, 6) is 1.53. The van der Waals surface area contributed by atoms with E-state index in [-0.39, 0.29) is 18.0 Å². The number of piperidine rings is 1. The molecule has 1 aromatic heterocycles. The Balaban J connectivity index is 0.00000231. The van der Waals surface area contributed by atoms with Crippen molar-refractivity contribution >= 4 is 34.1 Å². The molecule has 3 aromatic carbocycles. The second-order valence-corrected chi connectivity index (χ2v) is 8.20. The topological polar surface area (TPSA) is 45.3 Å². The van der Waals surface area contributed by atoms with E-state index in [1.165, 1.54) is 24.0 Å². The fraction of sp³-hybridized carbons (Fsp3) is 0.269. The van der Waals surface area contributed by atoms with E-state index in [1.54, 1.807) is 7.11 Å². The molecule has 1 aliphatic heterocycles. The molecule has 0 aliphatic carbocycles. The first kappa shape index (κ1) is 21.4. The van der Waals surface area contributed by atoms with Crippen LogP contribution in [0.4, 0.5) is 0 Å². The minimum absolute atomic E-state index is 0. The van der Waals surface area contributed by atoms with Crippen LogP contribution in [0.1, 0.15) is 29.9 Å². The first-order valence-corrected chi connectivity index (χ1v) is 10.6. The number of pyridine rings is 1. The smallest absolute Gasteiger partial charge is 0.256 e. The van der Waals surface area contributed by atoms with Crippen LogP contribution in [0, 0.1) is 0 Å². The number of H-pyrrole nitrogens is 1. The number of likely N-dealkylation sites (tertiary alicyclic amines) is 1. The van der Waals surface area contributed by atoms with E-state index in [0.29, 0.717) is 5.92 Å². The van der Waals surface area contributed by atoms with Gasteiger partial charge in [0.15, 0.2) is 0 Å². The summed E-state index contributed by atoms with van der Waals surface area (Å²) < 4.78 is 5.27. The fourth-order valence-corrected chi connectivity index (χ4v) is 4.69. The molecule has 5 rings (SSSR count). The van der Waals surface area contributed by atoms with E-state index in [0.717, 1.165) is 47.1 Å². The summed E-state index contributed by atoms with van der Waals surface area (Å²) in [5.41, 5.74) is 3.56. The van der Waals surface area contributed by atoms with Gasteiger partial charge in [-0.25, -0.2) is 0 Å². The van der Waals surface area contributed by atoms with E-state index in [1.807, 2.05) is 24.3 Å². The van der Waals surface area contributed by atoms with Crippen LogP contribution in [0.25, 0.3) is 21.7 Å². The molecule has 0 saturated carbocycles. The lowest BCUT2D eigenvalue weighted by Gasteiger charge is -2.32. The SMILES string of the molecule is COc1ccc(C2CCN(Cc3ccc4c(c3)[nH]c(=O)c3ccccc34)CC2)cc1.Cl. The van der Waals surface area contributed by atoms with Crippen molar-refractivity contribution < 1.29 is 4.74 Å². The predicted molar refractivity (Wildman–Crippen MR) is 130 cm³/mol. The number of hydrogen-bond acceptors (Lipinski definition) is 3. The maximum absolute atomic E-state index is 12.4. The van der Waals surface area contributed by atoms with Crippen molar-refractivity contribution in [1.29, 1.82) is 0 Å². The zero-order valence-electron chi connectivity index (χ0n) is 17.6. The molecule has 5 heteroatoms. The summed E-state index contributed by atoms with van der Waals surface area (Å²) in [6.07, 6.45) is 2.34. The lowest BCUT2D eigenvalue weighted by atomic mass is 9.89. The van der Waals surface area contributed by atoms with E-state index in [9.17, 15) is 4.79 Å². The molecule has 0 atom stereocenters. The Bertz CT molecular complexity index is 1240. The third kappa shape index (κ3) is 4.32. The van der Waals surface area contributed by atoms with Crippen LogP contribution in [-0.2, 0) is 6.54 Å². The maximum Gasteiger partial charge on any atom is 0.256 e. The molecule has 4 aromatic rings. The van der Waals surface area contributed by atoms with Gasteiger partial charge in [-0.1, -0.05) is 42.5 Å². The number of nitrogens with one attached hydrogen (secondary N) is 1. The van der Waals surface area contributed by atoms with Gasteiger partial charge in [-0.3, -0.25) is 9.69 Å². The van der Waals surface area contributed by atoms with Crippen LogP contribution in [0.15, 0.2) is 71.5 Å². The van der Waals surface area contributed by atoms with Gasteiger partial charge >= 0.3 is 0 Å². The van der Waals surface area contributed by atoms with Crippen LogP contribution in [0.5, 0.6) is 5.75 Å². The fourth-order valence-electron chi connectivity index (χ4n) is 4.69. The highest BCUT2D eigenvalue weighted by Gasteiger charge is 2.21. The van der Waals surface area contributed by atoms with Gasteiger partial charge in [0.1, 0.15) is 5.75 Å². The zero-order chi connectivity index (χ0) is 20.5. The quantitative estimate of drug-likeness (QED) is 0.432. The van der Waals surface area contributed by atoms with Crippen LogP contribution >= 0.6 is 12.4 Å². The highest BCUT2D eigenvalue weighted by Crippen LogP contribution is 2.30. The summed E-state index contributed by atoms with van der Waals surface area (Å²) in [6.45, 7) is 3.09. The monoisotopic (exact) mass is 434 g/mol. The number of aromatic amines is 1. The first-order chi connectivity index (χ1) is 14.7. The summed E-state index contributed by atoms with van der Waals surface area (Å²) >= 11 is 0. The molecule has 31 heavy (non-hydrogen) atoms. The first-order valence-electron chi connectivity index (χ1n) is 10.6. The molecule has 2 heterocycles. The number of halogens is 1. The summed E-state index contributed by atoms with van der Waals surface area (Å²) in [7, 11) is 1.71. The lowest BCUT2D eigenvalue weighted by Crippen LogP contribution is -2.32. The molecule has 1 fully saturated rings. The van der Waals surface area contributed by atoms with Gasteiger partial charge in [0, 0.05) is 22.8 Å². The largest absolute Gasteiger partial charge is 0.497 e. The van der Waals surface area contributed by atoms with Crippen molar-refractivity contribution in [1.82, 2.24) is 9.88 Å². The second kappa shape index (κ2) is 9.13. The number of nitrogens with zero attached hydrogens (tertiary/aromatic N) is 1. The molecule has 1 saturated heterocycles. The van der Waals surface area contributed by atoms with Crippen LogP contribution < -0.4 is 10.3 Å². The molecule has 1 aliphatic rings. The normalized spacial score (nSPS) is 15.1. The van der Waals surface area contributed by atoms with Crippen LogP contribution in [0.2, 0.25) is 0 Å². The Morgan fingerprint density at radius 1 is 0.935 bits per heavy atom. The Hall–Kier alpha value is -2.82. The highest BCUT2D eigenvalue weighted by molar-refractivity contribution is 6.05. The van der Waals surface area contributed by atoms with E-state index < -0.39 is 0 Å². The van der Waals surface area contributed by atoms with Crippen molar-refractivity contribution in [2.45, 2.75) is 25.3 Å². The lowest BCUT2D eigenvalue weighted by molar-refractivity contribution is 0.204. The molecular formula is C26H27ClN2O2. The predicted octanol–water partition coefficient (Wildman–Crippen LogP) is 5.49. The van der Waals surface area contributed by atoms with Crippen LogP contribution in [-0.4, -0.2) is 30.1 Å². The number of aromatic nitrogens is 1. The van der Waals surface area contributed by atoms with E-state index in [4.69, 9.17) is 4.74 Å². The summed E-state index contributed by atoms with van der Waals surface area (Å²) in [6, 6.07) is 22.8. The number of methoxy groups -OCH3 is 1. The Morgan fingerprint density at radius 2 is 1.65 bits per heavy atom. The summed E-state index contributed by atoms with van der Waals surface area (Å²) in [5, 5.41) is 2.87. The number of fused-ring (bicyclic) bond motifs is 3. The van der Waals surface area contributed by atoms with Crippen molar-refractivity contribution in [2.24, 2.45) is 0 Å². The molecule has 0 radical (unpaired) electrons. The minimum Gasteiger partial charge on any atom is -0.497 e. The van der Waals surface area contributed by atoms with Gasteiger partial charge in [0.05, 0.1) is 7.11 Å². The highest BCUT2D eigenvalue weighted by atomic mass is 35.5. The Kier molecular flexibility index (Phi) is 6.30. The van der Waals surface area contributed by atoms with Crippen molar-refractivity contribution in [2.75, 3.05) is 20.2 Å². The van der Waals surface area contributed by atoms with Gasteiger partial charge in [-0.15, -0.1) is 12.4 Å². The Morgan fingerprint density at radius 3 is 2.35 bits per heavy atom. The molecular weight excluding hydrogens is 408 g/mol. The average molecular weight is 435 g/mol. The number of benzene rings is 3. The average Bonchev–Trinajstić information content (AvgIpc) is 2.80. The zero-order valence-corrected chi connectivity index (χ0v) is 18.5. The second-order valence-electron chi connectivity index (χ2n) is 8.20. The molecule has 0 spiro atoms. The molecule has 1 N–H and O–H groups in total. The molecule has 0 amide bonds. The van der Waals surface area contributed by atoms with Crippen molar-refractivity contribution in [3.63, 3.8) is 0 Å².